The van der Waals surface area contributed by atoms with Crippen LogP contribution in [0.4, 0.5) is 5.69 Å². The van der Waals surface area contributed by atoms with Crippen molar-refractivity contribution in [1.29, 1.82) is 0 Å². The minimum absolute atomic E-state index is 0.119. The van der Waals surface area contributed by atoms with E-state index in [2.05, 4.69) is 5.32 Å². The third-order valence-electron chi connectivity index (χ3n) is 4.84. The molecule has 0 bridgehead atoms. The Balaban J connectivity index is 1.47. The molecule has 0 spiro atoms. The lowest BCUT2D eigenvalue weighted by molar-refractivity contribution is -0.140. The molecule has 7 heteroatoms. The minimum Gasteiger partial charge on any atom is -0.366 e. The van der Waals surface area contributed by atoms with Gasteiger partial charge >= 0.3 is 0 Å². The average molecular weight is 355 g/mol. The summed E-state index contributed by atoms with van der Waals surface area (Å²) in [7, 11) is 0. The van der Waals surface area contributed by atoms with Gasteiger partial charge in [-0.15, -0.1) is 0 Å². The van der Waals surface area contributed by atoms with Gasteiger partial charge in [-0.25, -0.2) is 0 Å². The normalized spacial score (nSPS) is 21.6. The van der Waals surface area contributed by atoms with Gasteiger partial charge in [0, 0.05) is 24.2 Å². The Bertz CT molecular complexity index is 743. The maximum Gasteiger partial charge on any atom is 0.248 e. The van der Waals surface area contributed by atoms with Crippen LogP contribution in [0.2, 0.25) is 0 Å². The van der Waals surface area contributed by atoms with Gasteiger partial charge in [-0.05, 0) is 43.5 Å². The summed E-state index contributed by atoms with van der Waals surface area (Å²) in [5, 5.41) is 2.72. The van der Waals surface area contributed by atoms with Gasteiger partial charge in [0.15, 0.2) is 0 Å². The zero-order valence-electron chi connectivity index (χ0n) is 14.3. The predicted octanol–water partition coefficient (Wildman–Crippen LogP) is 1.46. The van der Waals surface area contributed by atoms with Gasteiger partial charge in [0.1, 0.15) is 0 Å². The number of carbonyl (C=O) groups excluding carboxylic acids is 4. The number of allylic oxidation sites excluding steroid dienone is 2. The maximum atomic E-state index is 12.3. The molecular weight excluding hydrogens is 334 g/mol. The maximum absolute atomic E-state index is 12.3. The van der Waals surface area contributed by atoms with Crippen LogP contribution < -0.4 is 11.1 Å². The highest BCUT2D eigenvalue weighted by Gasteiger charge is 2.46. The first-order valence-corrected chi connectivity index (χ1v) is 8.67. The van der Waals surface area contributed by atoms with Crippen molar-refractivity contribution < 1.29 is 19.2 Å². The monoisotopic (exact) mass is 355 g/mol. The second-order valence-corrected chi connectivity index (χ2v) is 6.58. The molecule has 1 aromatic rings. The third-order valence-corrected chi connectivity index (χ3v) is 4.84. The van der Waals surface area contributed by atoms with E-state index in [1.54, 1.807) is 12.1 Å². The highest BCUT2D eigenvalue weighted by Crippen LogP contribution is 2.35. The van der Waals surface area contributed by atoms with Crippen LogP contribution in [0.5, 0.6) is 0 Å². The first-order valence-electron chi connectivity index (χ1n) is 8.67. The molecule has 3 rings (SSSR count). The van der Waals surface area contributed by atoms with E-state index in [-0.39, 0.29) is 42.5 Å². The number of carbonyl (C=O) groups is 4. The van der Waals surface area contributed by atoms with Crippen LogP contribution in [0.1, 0.15) is 36.0 Å². The quantitative estimate of drug-likeness (QED) is 0.594. The van der Waals surface area contributed by atoms with Gasteiger partial charge in [0.25, 0.3) is 0 Å². The zero-order valence-corrected chi connectivity index (χ0v) is 14.3. The standard InChI is InChI=1S/C19H21N3O4/c20-17(24)12-7-9-13(10-8-12)21-16(23)6-3-11-22-18(25)14-4-1-2-5-15(14)19(22)26/h1-2,7-10,14-15H,3-6,11H2,(H2,20,24)(H,21,23)/t14-,15-/m0/s1. The number of amides is 4. The van der Waals surface area contributed by atoms with E-state index in [4.69, 9.17) is 5.73 Å². The van der Waals surface area contributed by atoms with Crippen molar-refractivity contribution in [3.63, 3.8) is 0 Å². The molecule has 4 amide bonds. The number of nitrogens with zero attached hydrogens (tertiary/aromatic N) is 1. The molecule has 3 N–H and O–H groups in total. The Hall–Kier alpha value is -2.96. The van der Waals surface area contributed by atoms with Crippen molar-refractivity contribution in [3.8, 4) is 0 Å². The van der Waals surface area contributed by atoms with E-state index in [1.165, 1.54) is 17.0 Å². The van der Waals surface area contributed by atoms with E-state index in [9.17, 15) is 19.2 Å². The molecule has 136 valence electrons. The summed E-state index contributed by atoms with van der Waals surface area (Å²) in [5.41, 5.74) is 6.09. The van der Waals surface area contributed by atoms with Crippen LogP contribution in [0, 0.1) is 11.8 Å². The number of benzene rings is 1. The van der Waals surface area contributed by atoms with Crippen LogP contribution in [-0.2, 0) is 14.4 Å². The number of fused-ring (bicyclic) bond motifs is 1. The van der Waals surface area contributed by atoms with Crippen molar-refractivity contribution in [2.24, 2.45) is 17.6 Å². The molecule has 1 aliphatic heterocycles. The summed E-state index contributed by atoms with van der Waals surface area (Å²) in [6.45, 7) is 0.263. The van der Waals surface area contributed by atoms with Crippen LogP contribution in [0.3, 0.4) is 0 Å². The van der Waals surface area contributed by atoms with Crippen LogP contribution in [0.25, 0.3) is 0 Å². The number of primary amides is 1. The molecule has 1 aromatic carbocycles. The Morgan fingerprint density at radius 3 is 2.15 bits per heavy atom. The number of rotatable bonds is 6. The van der Waals surface area contributed by atoms with Gasteiger partial charge < -0.3 is 11.1 Å². The van der Waals surface area contributed by atoms with Gasteiger partial charge in [-0.2, -0.15) is 0 Å². The van der Waals surface area contributed by atoms with E-state index in [1.807, 2.05) is 12.2 Å². The predicted molar refractivity (Wildman–Crippen MR) is 94.9 cm³/mol. The van der Waals surface area contributed by atoms with Gasteiger partial charge in [0.05, 0.1) is 11.8 Å². The van der Waals surface area contributed by atoms with Crippen LogP contribution in [0.15, 0.2) is 36.4 Å². The van der Waals surface area contributed by atoms with Crippen molar-refractivity contribution in [3.05, 3.63) is 42.0 Å². The number of nitrogens with two attached hydrogens (primary N) is 1. The molecular formula is C19H21N3O4. The Morgan fingerprint density at radius 2 is 1.62 bits per heavy atom. The SMILES string of the molecule is NC(=O)c1ccc(NC(=O)CCCN2C(=O)[C@H]3CC=CC[C@@H]3C2=O)cc1. The number of likely N-dealkylation sites (tertiary alicyclic amines) is 1. The summed E-state index contributed by atoms with van der Waals surface area (Å²) in [5.74, 6) is -1.44. The topological polar surface area (TPSA) is 110 Å². The molecule has 1 heterocycles. The highest BCUT2D eigenvalue weighted by atomic mass is 16.2. The largest absolute Gasteiger partial charge is 0.366 e. The Kier molecular flexibility index (Phi) is 5.16. The van der Waals surface area contributed by atoms with E-state index in [0.717, 1.165) is 0 Å². The number of nitrogens with one attached hydrogen (secondary N) is 1. The molecule has 2 aliphatic rings. The van der Waals surface area contributed by atoms with Crippen LogP contribution in [-0.4, -0.2) is 35.1 Å². The van der Waals surface area contributed by atoms with Crippen LogP contribution >= 0.6 is 0 Å². The number of anilines is 1. The second kappa shape index (κ2) is 7.51. The highest BCUT2D eigenvalue weighted by molar-refractivity contribution is 6.05. The summed E-state index contributed by atoms with van der Waals surface area (Å²) < 4.78 is 0. The zero-order chi connectivity index (χ0) is 18.7. The molecule has 7 nitrogen and oxygen atoms in total. The summed E-state index contributed by atoms with van der Waals surface area (Å²) in [6.07, 6.45) is 5.75. The van der Waals surface area contributed by atoms with E-state index < -0.39 is 5.91 Å². The Labute approximate surface area is 151 Å². The molecule has 1 fully saturated rings. The first-order chi connectivity index (χ1) is 12.5. The smallest absolute Gasteiger partial charge is 0.248 e. The minimum atomic E-state index is -0.529. The third kappa shape index (κ3) is 3.66. The van der Waals surface area contributed by atoms with Crippen molar-refractivity contribution in [2.75, 3.05) is 11.9 Å². The Morgan fingerprint density at radius 1 is 1.04 bits per heavy atom. The fourth-order valence-electron chi connectivity index (χ4n) is 3.43. The summed E-state index contributed by atoms with van der Waals surface area (Å²) >= 11 is 0. The molecule has 2 atom stereocenters. The number of imide groups is 1. The van der Waals surface area contributed by atoms with Crippen molar-refractivity contribution in [2.45, 2.75) is 25.7 Å². The number of hydrogen-bond donors (Lipinski definition) is 2. The van der Waals surface area contributed by atoms with Crippen molar-refractivity contribution in [1.82, 2.24) is 4.90 Å². The molecule has 0 radical (unpaired) electrons. The number of hydrogen-bond acceptors (Lipinski definition) is 4. The molecule has 26 heavy (non-hydrogen) atoms. The molecule has 0 unspecified atom stereocenters. The van der Waals surface area contributed by atoms with Gasteiger partial charge in [-0.3, -0.25) is 24.1 Å². The van der Waals surface area contributed by atoms with Crippen molar-refractivity contribution >= 4 is 29.3 Å². The molecule has 1 aliphatic carbocycles. The summed E-state index contributed by atoms with van der Waals surface area (Å²) in [6, 6.07) is 6.27. The first kappa shape index (κ1) is 17.8. The molecule has 1 saturated heterocycles. The van der Waals surface area contributed by atoms with Gasteiger partial charge in [0.2, 0.25) is 23.6 Å². The lowest BCUT2D eigenvalue weighted by Crippen LogP contribution is -2.32. The fourth-order valence-corrected chi connectivity index (χ4v) is 3.43. The van der Waals surface area contributed by atoms with Gasteiger partial charge in [-0.1, -0.05) is 12.2 Å². The fraction of sp³-hybridized carbons (Fsp3) is 0.368. The lowest BCUT2D eigenvalue weighted by Gasteiger charge is -2.14. The second-order valence-electron chi connectivity index (χ2n) is 6.58. The molecule has 0 aromatic heterocycles. The average Bonchev–Trinajstić information content (AvgIpc) is 2.87. The van der Waals surface area contributed by atoms with E-state index >= 15 is 0 Å². The summed E-state index contributed by atoms with van der Waals surface area (Å²) in [4.78, 5) is 49.0. The van der Waals surface area contributed by atoms with E-state index in [0.29, 0.717) is 30.5 Å². The lowest BCUT2D eigenvalue weighted by atomic mass is 9.85. The molecule has 0 saturated carbocycles.